The molecule has 31 heavy (non-hydrogen) atoms. The van der Waals surface area contributed by atoms with Crippen LogP contribution >= 0.6 is 0 Å². The summed E-state index contributed by atoms with van der Waals surface area (Å²) in [6.07, 6.45) is 15.7. The van der Waals surface area contributed by atoms with Crippen molar-refractivity contribution >= 4 is 0 Å². The normalized spacial score (nSPS) is 50.7. The molecule has 0 amide bonds. The summed E-state index contributed by atoms with van der Waals surface area (Å²) < 4.78 is 12.8. The molecule has 0 bridgehead atoms. The Kier molecular flexibility index (Phi) is 4.44. The van der Waals surface area contributed by atoms with E-state index < -0.39 is 0 Å². The maximum absolute atomic E-state index is 6.55. The summed E-state index contributed by atoms with van der Waals surface area (Å²) in [5.74, 6) is 5.16. The lowest BCUT2D eigenvalue weighted by atomic mass is 9.45. The number of rotatable bonds is 4. The van der Waals surface area contributed by atoms with E-state index in [9.17, 15) is 0 Å². The number of methoxy groups -OCH3 is 1. The van der Waals surface area contributed by atoms with E-state index in [1.807, 2.05) is 19.5 Å². The second-order valence-corrected chi connectivity index (χ2v) is 12.4. The molecule has 1 aromatic heterocycles. The Morgan fingerprint density at radius 3 is 2.68 bits per heavy atom. The number of nitrogens with zero attached hydrogens (tertiary/aromatic N) is 1. The lowest BCUT2D eigenvalue weighted by molar-refractivity contribution is -0.162. The minimum absolute atomic E-state index is 0.248. The molecule has 0 aliphatic heterocycles. The van der Waals surface area contributed by atoms with E-state index in [1.165, 1.54) is 56.9 Å². The number of hydrogen-bond acceptors (Lipinski definition) is 3. The van der Waals surface area contributed by atoms with Crippen molar-refractivity contribution < 1.29 is 9.47 Å². The topological polar surface area (TPSA) is 31.4 Å². The third kappa shape index (κ3) is 2.53. The van der Waals surface area contributed by atoms with Gasteiger partial charge in [0.15, 0.2) is 0 Å². The molecule has 2 unspecified atom stereocenters. The van der Waals surface area contributed by atoms with Gasteiger partial charge in [0, 0.05) is 24.6 Å². The summed E-state index contributed by atoms with van der Waals surface area (Å²) >= 11 is 0. The van der Waals surface area contributed by atoms with Gasteiger partial charge < -0.3 is 9.47 Å². The minimum atomic E-state index is 0.248. The molecule has 1 aromatic rings. The third-order valence-electron chi connectivity index (χ3n) is 11.8. The lowest BCUT2D eigenvalue weighted by Gasteiger charge is -2.61. The van der Waals surface area contributed by atoms with E-state index in [0.717, 1.165) is 29.4 Å². The number of hydrogen-bond donors (Lipinski definition) is 0. The number of aromatic nitrogens is 1. The molecule has 10 atom stereocenters. The second kappa shape index (κ2) is 6.72. The van der Waals surface area contributed by atoms with E-state index in [0.29, 0.717) is 28.3 Å². The highest BCUT2D eigenvalue weighted by Crippen LogP contribution is 2.82. The van der Waals surface area contributed by atoms with Crippen LogP contribution in [0.5, 0.6) is 5.75 Å². The number of ether oxygens (including phenoxy) is 2. The summed E-state index contributed by atoms with van der Waals surface area (Å²) in [7, 11) is 2.00. The van der Waals surface area contributed by atoms with Crippen molar-refractivity contribution in [1.29, 1.82) is 0 Å². The molecule has 1 spiro atoms. The zero-order chi connectivity index (χ0) is 21.6. The fourth-order valence-electron chi connectivity index (χ4n) is 10.2. The zero-order valence-corrected chi connectivity index (χ0v) is 20.2. The molecule has 3 heteroatoms. The van der Waals surface area contributed by atoms with Gasteiger partial charge >= 0.3 is 0 Å². The first-order valence-electron chi connectivity index (χ1n) is 12.9. The van der Waals surface area contributed by atoms with E-state index in [2.05, 4.69) is 38.7 Å². The van der Waals surface area contributed by atoms with Crippen molar-refractivity contribution in [3.63, 3.8) is 0 Å². The van der Waals surface area contributed by atoms with Crippen LogP contribution < -0.4 is 4.74 Å². The quantitative estimate of drug-likeness (QED) is 0.558. The van der Waals surface area contributed by atoms with E-state index >= 15 is 0 Å². The molecule has 5 aliphatic carbocycles. The SMILES string of the molecule is COC1C[C@H]2[C@@H]3CC[C@H]([C@H](C)Oc4cnccc4C)[C@@]3(C)CC[C@@H]2[C@@]2(C)CC[C@@H]3CC132. The Bertz CT molecular complexity index is 870. The highest BCUT2D eigenvalue weighted by atomic mass is 16.5. The van der Waals surface area contributed by atoms with Gasteiger partial charge in [-0.25, -0.2) is 0 Å². The molecule has 3 nitrogen and oxygen atoms in total. The number of fused-ring (bicyclic) bond motifs is 4. The predicted octanol–water partition coefficient (Wildman–Crippen LogP) is 6.44. The Morgan fingerprint density at radius 1 is 1.10 bits per heavy atom. The average Bonchev–Trinajstić information content (AvgIpc) is 3.26. The molecule has 0 aromatic carbocycles. The van der Waals surface area contributed by atoms with Crippen molar-refractivity contribution in [3.05, 3.63) is 24.0 Å². The molecular weight excluding hydrogens is 382 g/mol. The molecule has 0 N–H and O–H groups in total. The fraction of sp³-hybridized carbons (Fsp3) is 0.821. The van der Waals surface area contributed by atoms with Crippen LogP contribution in [0.25, 0.3) is 0 Å². The smallest absolute Gasteiger partial charge is 0.140 e. The minimum Gasteiger partial charge on any atom is -0.489 e. The van der Waals surface area contributed by atoms with Crippen molar-refractivity contribution in [2.24, 2.45) is 45.8 Å². The first-order valence-corrected chi connectivity index (χ1v) is 12.9. The van der Waals surface area contributed by atoms with Gasteiger partial charge in [-0.15, -0.1) is 0 Å². The average molecular weight is 424 g/mol. The largest absolute Gasteiger partial charge is 0.489 e. The monoisotopic (exact) mass is 423 g/mol. The molecule has 0 radical (unpaired) electrons. The Labute approximate surface area is 188 Å². The lowest BCUT2D eigenvalue weighted by Crippen LogP contribution is -2.57. The van der Waals surface area contributed by atoms with Crippen LogP contribution in [-0.4, -0.2) is 24.3 Å². The maximum Gasteiger partial charge on any atom is 0.140 e. The van der Waals surface area contributed by atoms with Crippen molar-refractivity contribution in [2.45, 2.75) is 91.3 Å². The number of aryl methyl sites for hydroxylation is 1. The molecule has 1 heterocycles. The highest BCUT2D eigenvalue weighted by Gasteiger charge is 2.77. The third-order valence-corrected chi connectivity index (χ3v) is 11.8. The van der Waals surface area contributed by atoms with E-state index in [1.54, 1.807) is 0 Å². The summed E-state index contributed by atoms with van der Waals surface area (Å²) in [4.78, 5) is 4.31. The van der Waals surface area contributed by atoms with Gasteiger partial charge in [-0.2, -0.15) is 0 Å². The standard InChI is InChI=1S/C28H41NO2/c1-17-10-13-29-16-24(17)31-18(2)21-6-7-22-20-14-25(30-5)28-15-19(28)8-12-27(28,4)23(20)9-11-26(21,22)3/h10,13,16,18-23,25H,6-9,11-12,14-15H2,1-5H3/t18-,19+,20-,21+,22-,23-,25?,26+,27+,28?/m0/s1. The van der Waals surface area contributed by atoms with Crippen LogP contribution in [0.4, 0.5) is 0 Å². The summed E-state index contributed by atoms with van der Waals surface area (Å²) in [5, 5.41) is 0. The summed E-state index contributed by atoms with van der Waals surface area (Å²) in [6.45, 7) is 9.74. The van der Waals surface area contributed by atoms with Gasteiger partial charge in [0.2, 0.25) is 0 Å². The van der Waals surface area contributed by atoms with E-state index in [-0.39, 0.29) is 6.10 Å². The fourth-order valence-corrected chi connectivity index (χ4v) is 10.2. The number of pyridine rings is 1. The molecular formula is C28H41NO2. The Morgan fingerprint density at radius 2 is 1.94 bits per heavy atom. The van der Waals surface area contributed by atoms with Gasteiger partial charge in [-0.05, 0) is 111 Å². The summed E-state index contributed by atoms with van der Waals surface area (Å²) in [5.41, 5.74) is 2.65. The van der Waals surface area contributed by atoms with Crippen LogP contribution in [0.2, 0.25) is 0 Å². The Hall–Kier alpha value is -1.09. The van der Waals surface area contributed by atoms with Crippen LogP contribution in [-0.2, 0) is 4.74 Å². The van der Waals surface area contributed by atoms with Crippen molar-refractivity contribution in [1.82, 2.24) is 4.98 Å². The van der Waals surface area contributed by atoms with Crippen LogP contribution in [0.15, 0.2) is 18.5 Å². The van der Waals surface area contributed by atoms with Crippen molar-refractivity contribution in [2.75, 3.05) is 7.11 Å². The first-order chi connectivity index (χ1) is 14.8. The van der Waals surface area contributed by atoms with Crippen LogP contribution in [0.3, 0.4) is 0 Å². The zero-order valence-electron chi connectivity index (χ0n) is 20.2. The Balaban J connectivity index is 1.27. The molecule has 5 saturated carbocycles. The molecule has 5 aliphatic rings. The van der Waals surface area contributed by atoms with Crippen LogP contribution in [0, 0.1) is 52.8 Å². The van der Waals surface area contributed by atoms with Crippen molar-refractivity contribution in [3.8, 4) is 5.75 Å². The van der Waals surface area contributed by atoms with Gasteiger partial charge in [0.05, 0.1) is 18.4 Å². The highest BCUT2D eigenvalue weighted by molar-refractivity contribution is 5.29. The van der Waals surface area contributed by atoms with Gasteiger partial charge in [-0.1, -0.05) is 13.8 Å². The molecule has 5 fully saturated rings. The van der Waals surface area contributed by atoms with Crippen LogP contribution in [0.1, 0.15) is 77.7 Å². The van der Waals surface area contributed by atoms with Gasteiger partial charge in [0.25, 0.3) is 0 Å². The van der Waals surface area contributed by atoms with Gasteiger partial charge in [-0.3, -0.25) is 4.98 Å². The maximum atomic E-state index is 6.55. The molecule has 6 rings (SSSR count). The summed E-state index contributed by atoms with van der Waals surface area (Å²) in [6, 6.07) is 2.06. The first kappa shape index (κ1) is 20.5. The van der Waals surface area contributed by atoms with Gasteiger partial charge in [0.1, 0.15) is 5.75 Å². The molecule has 0 saturated heterocycles. The second-order valence-electron chi connectivity index (χ2n) is 12.4. The predicted molar refractivity (Wildman–Crippen MR) is 123 cm³/mol. The molecule has 170 valence electrons. The van der Waals surface area contributed by atoms with E-state index in [4.69, 9.17) is 9.47 Å².